The van der Waals surface area contributed by atoms with E-state index in [9.17, 15) is 4.79 Å². The van der Waals surface area contributed by atoms with Crippen LogP contribution in [-0.4, -0.2) is 27.2 Å². The standard InChI is InChI=1S/C19H22N4OS/c1-13(2)23-12-21-22-17(23)9-10-20-19(24)16-11-25-14(3)18(16)15-7-5-4-6-8-15/h4-8,11-13H,9-10H2,1-3H3,(H,20,24). The molecular formula is C19H22N4OS. The molecule has 130 valence electrons. The Morgan fingerprint density at radius 2 is 2.04 bits per heavy atom. The summed E-state index contributed by atoms with van der Waals surface area (Å²) in [7, 11) is 0. The summed E-state index contributed by atoms with van der Waals surface area (Å²) in [5, 5.41) is 13.0. The third-order valence-corrected chi connectivity index (χ3v) is 5.03. The first-order valence-corrected chi connectivity index (χ1v) is 9.26. The zero-order valence-electron chi connectivity index (χ0n) is 14.7. The van der Waals surface area contributed by atoms with E-state index >= 15 is 0 Å². The van der Waals surface area contributed by atoms with Crippen molar-refractivity contribution < 1.29 is 4.79 Å². The van der Waals surface area contributed by atoms with Crippen LogP contribution in [0.25, 0.3) is 11.1 Å². The van der Waals surface area contributed by atoms with Gasteiger partial charge in [0, 0.05) is 34.8 Å². The summed E-state index contributed by atoms with van der Waals surface area (Å²) < 4.78 is 2.02. The molecule has 0 aliphatic carbocycles. The van der Waals surface area contributed by atoms with Crippen LogP contribution in [0.4, 0.5) is 0 Å². The SMILES string of the molecule is Cc1scc(C(=O)NCCc2nncn2C(C)C)c1-c1ccccc1. The van der Waals surface area contributed by atoms with Gasteiger partial charge in [-0.05, 0) is 26.3 Å². The summed E-state index contributed by atoms with van der Waals surface area (Å²) in [6.07, 6.45) is 2.39. The molecule has 1 N–H and O–H groups in total. The molecule has 1 amide bonds. The van der Waals surface area contributed by atoms with E-state index in [0.717, 1.165) is 27.4 Å². The van der Waals surface area contributed by atoms with Crippen LogP contribution in [0.5, 0.6) is 0 Å². The number of aryl methyl sites for hydroxylation is 1. The minimum atomic E-state index is -0.0428. The van der Waals surface area contributed by atoms with E-state index in [2.05, 4.69) is 36.3 Å². The van der Waals surface area contributed by atoms with E-state index < -0.39 is 0 Å². The van der Waals surface area contributed by atoms with Crippen LogP contribution in [0.3, 0.4) is 0 Å². The number of hydrogen-bond donors (Lipinski definition) is 1. The Hall–Kier alpha value is -2.47. The van der Waals surface area contributed by atoms with Crippen molar-refractivity contribution in [1.82, 2.24) is 20.1 Å². The Morgan fingerprint density at radius 1 is 1.28 bits per heavy atom. The van der Waals surface area contributed by atoms with Gasteiger partial charge in [0.25, 0.3) is 5.91 Å². The first-order valence-electron chi connectivity index (χ1n) is 8.38. The number of benzene rings is 1. The lowest BCUT2D eigenvalue weighted by Gasteiger charge is -2.11. The van der Waals surface area contributed by atoms with E-state index in [4.69, 9.17) is 0 Å². The second-order valence-corrected chi connectivity index (χ2v) is 7.28. The van der Waals surface area contributed by atoms with E-state index in [-0.39, 0.29) is 5.91 Å². The molecule has 2 heterocycles. The summed E-state index contributed by atoms with van der Waals surface area (Å²) >= 11 is 1.60. The molecule has 0 fully saturated rings. The molecular weight excluding hydrogens is 332 g/mol. The third kappa shape index (κ3) is 3.79. The van der Waals surface area contributed by atoms with Crippen molar-refractivity contribution >= 4 is 17.2 Å². The molecule has 5 nitrogen and oxygen atoms in total. The number of thiophene rings is 1. The molecule has 0 bridgehead atoms. The molecule has 0 radical (unpaired) electrons. The minimum absolute atomic E-state index is 0.0428. The highest BCUT2D eigenvalue weighted by Crippen LogP contribution is 2.32. The Balaban J connectivity index is 1.69. The van der Waals surface area contributed by atoms with Gasteiger partial charge in [0.1, 0.15) is 12.2 Å². The van der Waals surface area contributed by atoms with Gasteiger partial charge >= 0.3 is 0 Å². The van der Waals surface area contributed by atoms with Gasteiger partial charge in [0.2, 0.25) is 0 Å². The third-order valence-electron chi connectivity index (χ3n) is 4.12. The molecule has 2 aromatic heterocycles. The zero-order valence-corrected chi connectivity index (χ0v) is 15.5. The highest BCUT2D eigenvalue weighted by molar-refractivity contribution is 7.10. The zero-order chi connectivity index (χ0) is 17.8. The lowest BCUT2D eigenvalue weighted by Crippen LogP contribution is -2.26. The average molecular weight is 354 g/mol. The fourth-order valence-corrected chi connectivity index (χ4v) is 3.71. The van der Waals surface area contributed by atoms with Gasteiger partial charge in [-0.1, -0.05) is 30.3 Å². The first kappa shape index (κ1) is 17.4. The highest BCUT2D eigenvalue weighted by Gasteiger charge is 2.17. The predicted molar refractivity (Wildman–Crippen MR) is 101 cm³/mol. The van der Waals surface area contributed by atoms with Crippen molar-refractivity contribution in [2.24, 2.45) is 0 Å². The fourth-order valence-electron chi connectivity index (χ4n) is 2.85. The number of hydrogen-bond acceptors (Lipinski definition) is 4. The number of carbonyl (C=O) groups is 1. The lowest BCUT2D eigenvalue weighted by molar-refractivity contribution is 0.0955. The molecule has 0 unspecified atom stereocenters. The maximum absolute atomic E-state index is 12.7. The van der Waals surface area contributed by atoms with Crippen LogP contribution in [0.1, 0.15) is 40.9 Å². The van der Waals surface area contributed by atoms with Gasteiger partial charge in [0.05, 0.1) is 5.56 Å². The minimum Gasteiger partial charge on any atom is -0.352 e. The van der Waals surface area contributed by atoms with E-state index in [1.165, 1.54) is 0 Å². The Morgan fingerprint density at radius 3 is 2.76 bits per heavy atom. The monoisotopic (exact) mass is 354 g/mol. The van der Waals surface area contributed by atoms with Crippen molar-refractivity contribution in [2.45, 2.75) is 33.2 Å². The van der Waals surface area contributed by atoms with E-state index in [0.29, 0.717) is 19.0 Å². The van der Waals surface area contributed by atoms with Crippen LogP contribution < -0.4 is 5.32 Å². The van der Waals surface area contributed by atoms with Crippen LogP contribution in [0.15, 0.2) is 42.0 Å². The molecule has 1 aromatic carbocycles. The Labute approximate surface area is 151 Å². The van der Waals surface area contributed by atoms with Gasteiger partial charge in [-0.2, -0.15) is 0 Å². The average Bonchev–Trinajstić information content (AvgIpc) is 3.22. The summed E-state index contributed by atoms with van der Waals surface area (Å²) in [4.78, 5) is 13.8. The topological polar surface area (TPSA) is 59.8 Å². The maximum atomic E-state index is 12.7. The summed E-state index contributed by atoms with van der Waals surface area (Å²) in [6.45, 7) is 6.76. The van der Waals surface area contributed by atoms with Crippen LogP contribution in [0, 0.1) is 6.92 Å². The van der Waals surface area contributed by atoms with Crippen LogP contribution >= 0.6 is 11.3 Å². The van der Waals surface area contributed by atoms with Crippen molar-refractivity contribution in [3.05, 3.63) is 58.3 Å². The molecule has 0 saturated carbocycles. The van der Waals surface area contributed by atoms with E-state index in [1.807, 2.05) is 40.3 Å². The van der Waals surface area contributed by atoms with Crippen molar-refractivity contribution in [3.8, 4) is 11.1 Å². The summed E-state index contributed by atoms with van der Waals surface area (Å²) in [5.41, 5.74) is 2.83. The Bertz CT molecular complexity index is 851. The molecule has 0 spiro atoms. The molecule has 3 aromatic rings. The van der Waals surface area contributed by atoms with E-state index in [1.54, 1.807) is 17.7 Å². The molecule has 0 saturated heterocycles. The second kappa shape index (κ2) is 7.61. The van der Waals surface area contributed by atoms with Crippen LogP contribution in [0.2, 0.25) is 0 Å². The maximum Gasteiger partial charge on any atom is 0.252 e. The summed E-state index contributed by atoms with van der Waals surface area (Å²) in [5.74, 6) is 0.846. The first-order chi connectivity index (χ1) is 12.1. The molecule has 3 rings (SSSR count). The number of amides is 1. The predicted octanol–water partition coefficient (Wildman–Crippen LogP) is 3.87. The lowest BCUT2D eigenvalue weighted by atomic mass is 10.0. The number of aromatic nitrogens is 3. The number of nitrogens with zero attached hydrogens (tertiary/aromatic N) is 3. The Kier molecular flexibility index (Phi) is 5.28. The fraction of sp³-hybridized carbons (Fsp3) is 0.316. The van der Waals surface area contributed by atoms with Crippen molar-refractivity contribution in [3.63, 3.8) is 0 Å². The smallest absolute Gasteiger partial charge is 0.252 e. The van der Waals surface area contributed by atoms with Crippen LogP contribution in [-0.2, 0) is 6.42 Å². The van der Waals surface area contributed by atoms with Gasteiger partial charge in [-0.15, -0.1) is 21.5 Å². The summed E-state index contributed by atoms with van der Waals surface area (Å²) in [6, 6.07) is 10.4. The number of rotatable bonds is 6. The molecule has 0 atom stereocenters. The van der Waals surface area contributed by atoms with Gasteiger partial charge in [0.15, 0.2) is 0 Å². The molecule has 25 heavy (non-hydrogen) atoms. The van der Waals surface area contributed by atoms with Crippen molar-refractivity contribution in [2.75, 3.05) is 6.54 Å². The van der Waals surface area contributed by atoms with Crippen molar-refractivity contribution in [1.29, 1.82) is 0 Å². The second-order valence-electron chi connectivity index (χ2n) is 6.20. The number of carbonyl (C=O) groups excluding carboxylic acids is 1. The normalized spacial score (nSPS) is 11.0. The largest absolute Gasteiger partial charge is 0.352 e. The molecule has 0 aliphatic rings. The van der Waals surface area contributed by atoms with Gasteiger partial charge in [-0.25, -0.2) is 0 Å². The number of nitrogens with one attached hydrogen (secondary N) is 1. The molecule has 6 heteroatoms. The highest BCUT2D eigenvalue weighted by atomic mass is 32.1. The molecule has 0 aliphatic heterocycles. The van der Waals surface area contributed by atoms with Gasteiger partial charge in [-0.3, -0.25) is 4.79 Å². The quantitative estimate of drug-likeness (QED) is 0.731. The van der Waals surface area contributed by atoms with Gasteiger partial charge < -0.3 is 9.88 Å².